The normalized spacial score (nSPS) is 29.5. The number of aromatic nitrogens is 2. The van der Waals surface area contributed by atoms with E-state index in [0.29, 0.717) is 58.4 Å². The van der Waals surface area contributed by atoms with Crippen molar-refractivity contribution in [1.82, 2.24) is 30.0 Å². The summed E-state index contributed by atoms with van der Waals surface area (Å²) >= 11 is 0. The number of rotatable bonds is 6. The zero-order chi connectivity index (χ0) is 43.4. The van der Waals surface area contributed by atoms with E-state index in [1.54, 1.807) is 24.4 Å². The number of carbonyl (C=O) groups excluding carboxylic acids is 5. The summed E-state index contributed by atoms with van der Waals surface area (Å²) in [5.41, 5.74) is 3.96. The molecule has 2 aliphatic carbocycles. The molecule has 10 rings (SSSR count). The number of hydrogen-bond acceptors (Lipinski definition) is 11. The van der Waals surface area contributed by atoms with E-state index in [4.69, 9.17) is 9.72 Å². The van der Waals surface area contributed by atoms with Crippen molar-refractivity contribution in [2.45, 2.75) is 122 Å². The summed E-state index contributed by atoms with van der Waals surface area (Å²) in [6.07, 6.45) is 6.88. The van der Waals surface area contributed by atoms with E-state index >= 15 is 0 Å². The number of carbonyl (C=O) groups is 5. The van der Waals surface area contributed by atoms with Crippen LogP contribution >= 0.6 is 0 Å². The third-order valence-corrected chi connectivity index (χ3v) is 14.9. The van der Waals surface area contributed by atoms with Crippen LogP contribution in [0.15, 0.2) is 42.6 Å². The number of hydrogen-bond donors (Lipinski definition) is 1. The second kappa shape index (κ2) is 14.5. The summed E-state index contributed by atoms with van der Waals surface area (Å²) in [7, 11) is 0. The second-order valence-electron chi connectivity index (χ2n) is 19.5. The summed E-state index contributed by atoms with van der Waals surface area (Å²) in [6.45, 7) is 12.6. The molecule has 0 radical (unpaired) electrons. The van der Waals surface area contributed by atoms with Crippen molar-refractivity contribution >= 4 is 35.2 Å². The molecule has 3 atom stereocenters. The number of anilines is 1. The first-order chi connectivity index (χ1) is 29.6. The monoisotopic (exact) mass is 834 g/mol. The van der Waals surface area contributed by atoms with E-state index in [1.165, 1.54) is 0 Å². The highest BCUT2D eigenvalue weighted by Crippen LogP contribution is 2.59. The molecule has 2 aromatic carbocycles. The maximum Gasteiger partial charge on any atom is 0.275 e. The highest BCUT2D eigenvalue weighted by molar-refractivity contribution is 6.23. The maximum atomic E-state index is 13.8. The molecule has 0 spiro atoms. The van der Waals surface area contributed by atoms with Crippen LogP contribution in [-0.2, 0) is 16.1 Å². The van der Waals surface area contributed by atoms with Crippen LogP contribution in [0.4, 0.5) is 5.69 Å². The molecule has 2 saturated carbocycles. The molecule has 3 aromatic rings. The molecule has 3 unspecified atom stereocenters. The predicted octanol–water partition coefficient (Wildman–Crippen LogP) is 4.77. The van der Waals surface area contributed by atoms with Gasteiger partial charge in [-0.1, -0.05) is 33.6 Å². The molecule has 5 aliphatic heterocycles. The molecular formula is C48H50N8O6. The molecule has 1 N–H and O–H groups in total. The van der Waals surface area contributed by atoms with Crippen LogP contribution in [0, 0.1) is 46.8 Å². The largest absolute Gasteiger partial charge is 0.489 e. The Labute approximate surface area is 361 Å². The lowest BCUT2D eigenvalue weighted by Gasteiger charge is -2.65. The van der Waals surface area contributed by atoms with Crippen LogP contribution in [0.3, 0.4) is 0 Å². The van der Waals surface area contributed by atoms with Gasteiger partial charge in [0.2, 0.25) is 11.8 Å². The summed E-state index contributed by atoms with van der Waals surface area (Å²) in [5.74, 6) is 5.69. The van der Waals surface area contributed by atoms with Crippen molar-refractivity contribution in [2.24, 2.45) is 16.7 Å². The summed E-state index contributed by atoms with van der Waals surface area (Å²) in [6, 6.07) is 13.3. The highest BCUT2D eigenvalue weighted by Gasteiger charge is 2.67. The number of benzene rings is 2. The number of fused-ring (bicyclic) bond motifs is 4. The third kappa shape index (κ3) is 6.28. The average Bonchev–Trinajstić information content (AvgIpc) is 4.00. The number of nitrogens with zero attached hydrogens (tertiary/aromatic N) is 7. The van der Waals surface area contributed by atoms with Gasteiger partial charge in [-0.2, -0.15) is 5.26 Å². The smallest absolute Gasteiger partial charge is 0.275 e. The van der Waals surface area contributed by atoms with Crippen molar-refractivity contribution in [2.75, 3.05) is 18.0 Å². The van der Waals surface area contributed by atoms with E-state index < -0.39 is 29.7 Å². The van der Waals surface area contributed by atoms with Crippen molar-refractivity contribution in [3.63, 3.8) is 0 Å². The van der Waals surface area contributed by atoms with Crippen LogP contribution in [0.25, 0.3) is 0 Å². The lowest BCUT2D eigenvalue weighted by Crippen LogP contribution is -2.74. The number of ether oxygens (including phenoxy) is 1. The summed E-state index contributed by atoms with van der Waals surface area (Å²) < 4.78 is 6.55. The topological polar surface area (TPSA) is 169 Å². The molecular weight excluding hydrogens is 785 g/mol. The number of imide groups is 2. The molecule has 5 fully saturated rings. The van der Waals surface area contributed by atoms with Gasteiger partial charge < -0.3 is 14.5 Å². The van der Waals surface area contributed by atoms with Crippen molar-refractivity contribution in [3.8, 4) is 23.7 Å². The molecule has 5 amide bonds. The minimum Gasteiger partial charge on any atom is -0.489 e. The average molecular weight is 835 g/mol. The Balaban J connectivity index is 0.733. The Bertz CT molecular complexity index is 2560. The molecule has 2 bridgehead atoms. The Morgan fingerprint density at radius 1 is 0.839 bits per heavy atom. The van der Waals surface area contributed by atoms with Crippen LogP contribution in [0.5, 0.6) is 5.75 Å². The van der Waals surface area contributed by atoms with Crippen molar-refractivity contribution < 1.29 is 28.7 Å². The van der Waals surface area contributed by atoms with Gasteiger partial charge in [0.1, 0.15) is 23.6 Å². The molecule has 318 valence electrons. The highest BCUT2D eigenvalue weighted by atomic mass is 16.5. The van der Waals surface area contributed by atoms with Gasteiger partial charge in [-0.15, -0.1) is 0 Å². The first-order valence-corrected chi connectivity index (χ1v) is 21.9. The summed E-state index contributed by atoms with van der Waals surface area (Å²) in [5, 5.41) is 11.6. The minimum atomic E-state index is -0.978. The Hall–Kier alpha value is -6.12. The fourth-order valence-corrected chi connectivity index (χ4v) is 12.4. The van der Waals surface area contributed by atoms with Crippen LogP contribution in [-0.4, -0.2) is 104 Å². The summed E-state index contributed by atoms with van der Waals surface area (Å²) in [4.78, 5) is 82.1. The number of nitrogens with one attached hydrogen (secondary N) is 1. The number of piperazine rings is 1. The maximum absolute atomic E-state index is 13.8. The Kier molecular flexibility index (Phi) is 9.34. The Morgan fingerprint density at radius 3 is 2.29 bits per heavy atom. The van der Waals surface area contributed by atoms with Gasteiger partial charge in [0.15, 0.2) is 5.69 Å². The SMILES string of the molecule is Cc1cc(OC2C(C)(C)C(N3Cc4nc(C#CC5CCC(N6CC7CC6CN7c6ccc7c(c6)C(=O)N(C6CCC(=O)NC6=O)C7=O)CC5)cnc4C3=O)C2(C)C)ccc1C#N. The van der Waals surface area contributed by atoms with Gasteiger partial charge in [0.25, 0.3) is 17.7 Å². The molecule has 7 aliphatic rings. The van der Waals surface area contributed by atoms with E-state index in [0.717, 1.165) is 67.1 Å². The van der Waals surface area contributed by atoms with Gasteiger partial charge in [-0.05, 0) is 93.3 Å². The third-order valence-electron chi connectivity index (χ3n) is 14.9. The van der Waals surface area contributed by atoms with Gasteiger partial charge >= 0.3 is 0 Å². The standard InChI is InChI=1S/C48H50N8O6/c1-26-18-34(14-9-28(26)21-49)62-46-47(2,3)45(48(46,4)5)55-25-37-40(44(55)61)50-22-29(51-37)10-6-27-7-11-30(12-8-27)53-23-33-19-32(53)24-54(33)31-13-15-35-36(20-31)43(60)56(42(35)59)38-16-17-39(57)52-41(38)58/h9,13-15,18,20,22,27,30,32-33,38,45-46H,7-8,11-12,16-17,19,23-25H2,1-5H3,(H,52,57,58). The van der Waals surface area contributed by atoms with Crippen molar-refractivity contribution in [1.29, 1.82) is 5.26 Å². The lowest BCUT2D eigenvalue weighted by molar-refractivity contribution is -0.199. The molecule has 3 saturated heterocycles. The van der Waals surface area contributed by atoms with Gasteiger partial charge in [-0.25, -0.2) is 9.97 Å². The van der Waals surface area contributed by atoms with Crippen LogP contribution < -0.4 is 15.0 Å². The zero-order valence-corrected chi connectivity index (χ0v) is 35.7. The molecule has 1 aromatic heterocycles. The number of piperidine rings is 1. The molecule has 6 heterocycles. The van der Waals surface area contributed by atoms with E-state index in [-0.39, 0.29) is 47.6 Å². The first-order valence-electron chi connectivity index (χ1n) is 21.9. The molecule has 62 heavy (non-hydrogen) atoms. The lowest BCUT2D eigenvalue weighted by atomic mass is 9.49. The van der Waals surface area contributed by atoms with Crippen LogP contribution in [0.1, 0.15) is 126 Å². The number of amides is 5. The number of aryl methyl sites for hydroxylation is 1. The minimum absolute atomic E-state index is 0.0898. The van der Waals surface area contributed by atoms with E-state index in [9.17, 15) is 29.2 Å². The van der Waals surface area contributed by atoms with Gasteiger partial charge in [0, 0.05) is 66.1 Å². The van der Waals surface area contributed by atoms with Gasteiger partial charge in [0.05, 0.1) is 41.2 Å². The van der Waals surface area contributed by atoms with Crippen LogP contribution in [0.2, 0.25) is 0 Å². The predicted molar refractivity (Wildman–Crippen MR) is 226 cm³/mol. The molecule has 14 heteroatoms. The quantitative estimate of drug-likeness (QED) is 0.268. The molecule has 14 nitrogen and oxygen atoms in total. The fraction of sp³-hybridized carbons (Fsp3) is 0.500. The fourth-order valence-electron chi connectivity index (χ4n) is 12.4. The number of nitriles is 1. The second-order valence-corrected chi connectivity index (χ2v) is 19.5. The van der Waals surface area contributed by atoms with Crippen molar-refractivity contribution in [3.05, 3.63) is 81.9 Å². The first kappa shape index (κ1) is 40.0. The zero-order valence-electron chi connectivity index (χ0n) is 35.7. The van der Waals surface area contributed by atoms with E-state index in [2.05, 4.69) is 65.7 Å². The van der Waals surface area contributed by atoms with Gasteiger partial charge in [-0.3, -0.25) is 39.1 Å². The van der Waals surface area contributed by atoms with E-state index in [1.807, 2.05) is 30.0 Å². The Morgan fingerprint density at radius 2 is 1.60 bits per heavy atom. The number of likely N-dealkylation sites (tertiary alicyclic amines) is 1.